The van der Waals surface area contributed by atoms with Crippen molar-refractivity contribution in [2.45, 2.75) is 44.6 Å². The lowest BCUT2D eigenvalue weighted by molar-refractivity contribution is 0.0956. The maximum atomic E-state index is 12.7. The highest BCUT2D eigenvalue weighted by molar-refractivity contribution is 7.90. The molecule has 4 N–H and O–H groups in total. The van der Waals surface area contributed by atoms with Crippen molar-refractivity contribution < 1.29 is 17.9 Å². The second-order valence-corrected chi connectivity index (χ2v) is 10.5. The van der Waals surface area contributed by atoms with Crippen LogP contribution in [-0.4, -0.2) is 45.2 Å². The highest BCUT2D eigenvalue weighted by Crippen LogP contribution is 2.31. The van der Waals surface area contributed by atoms with Crippen molar-refractivity contribution in [1.82, 2.24) is 15.8 Å². The van der Waals surface area contributed by atoms with Crippen molar-refractivity contribution >= 4 is 43.7 Å². The van der Waals surface area contributed by atoms with Crippen LogP contribution in [0.4, 0.5) is 0 Å². The number of hydrogen-bond acceptors (Lipinski definition) is 8. The van der Waals surface area contributed by atoms with Crippen LogP contribution < -0.4 is 21.3 Å². The molecule has 0 saturated carbocycles. The zero-order chi connectivity index (χ0) is 24.9. The molecular formula is C23H29N5O4S2. The zero-order valence-corrected chi connectivity index (χ0v) is 21.2. The standard InChI is InChI=1S/C23H29N5O4S2/c1-14-12-19(32-4)15(2)16(3)22(14)34(30,31)27-13-26-25-11-7-8-17(24)21(29)23-28-18-9-5-6-10-20(18)33-23/h5-6,9-10,12-13,17,25H,7-8,11,24H2,1-4H3,(H,26,27). The maximum absolute atomic E-state index is 12.7. The van der Waals surface area contributed by atoms with Crippen LogP contribution in [0, 0.1) is 20.8 Å². The summed E-state index contributed by atoms with van der Waals surface area (Å²) in [5, 5.41) is 0.413. The summed E-state index contributed by atoms with van der Waals surface area (Å²) in [6.07, 6.45) is 2.16. The van der Waals surface area contributed by atoms with Crippen LogP contribution in [0.15, 0.2) is 39.6 Å². The third-order valence-corrected chi connectivity index (χ3v) is 8.05. The van der Waals surface area contributed by atoms with Gasteiger partial charge >= 0.3 is 0 Å². The topological polar surface area (TPSA) is 136 Å². The summed E-state index contributed by atoms with van der Waals surface area (Å²) in [7, 11) is -2.34. The summed E-state index contributed by atoms with van der Waals surface area (Å²) < 4.78 is 35.4. The molecular weight excluding hydrogens is 474 g/mol. The van der Waals surface area contributed by atoms with Gasteiger partial charge in [0.05, 0.1) is 28.3 Å². The Labute approximate surface area is 203 Å². The van der Waals surface area contributed by atoms with Crippen molar-refractivity contribution in [3.8, 4) is 5.75 Å². The van der Waals surface area contributed by atoms with Gasteiger partial charge in [-0.25, -0.2) is 10.4 Å². The number of Topliss-reactive ketones (excluding diaryl/α,β-unsaturated/α-hetero) is 1. The second-order valence-electron chi connectivity index (χ2n) is 7.86. The van der Waals surface area contributed by atoms with Crippen molar-refractivity contribution in [2.75, 3.05) is 13.7 Å². The van der Waals surface area contributed by atoms with E-state index in [9.17, 15) is 13.2 Å². The summed E-state index contributed by atoms with van der Waals surface area (Å²) >= 11 is 1.34. The molecule has 0 aliphatic carbocycles. The van der Waals surface area contributed by atoms with E-state index in [4.69, 9.17) is 10.5 Å². The molecule has 3 aromatic rings. The first-order valence-electron chi connectivity index (χ1n) is 10.7. The molecule has 1 atom stereocenters. The summed E-state index contributed by atoms with van der Waals surface area (Å²) in [6, 6.07) is 8.61. The highest BCUT2D eigenvalue weighted by atomic mass is 32.2. The molecule has 1 aromatic heterocycles. The van der Waals surface area contributed by atoms with Crippen LogP contribution in [0.25, 0.3) is 10.2 Å². The fraction of sp³-hybridized carbons (Fsp3) is 0.348. The number of rotatable bonds is 11. The number of hydrazine groups is 1. The van der Waals surface area contributed by atoms with E-state index in [1.54, 1.807) is 27.0 Å². The molecule has 3 rings (SSSR count). The number of methoxy groups -OCH3 is 1. The van der Waals surface area contributed by atoms with Gasteiger partial charge in [0.15, 0.2) is 5.01 Å². The molecule has 34 heavy (non-hydrogen) atoms. The number of thiazole rings is 1. The van der Waals surface area contributed by atoms with Crippen LogP contribution in [0.1, 0.15) is 39.3 Å². The van der Waals surface area contributed by atoms with Crippen LogP contribution in [0.5, 0.6) is 5.75 Å². The molecule has 2 aromatic carbocycles. The Balaban J connectivity index is 1.47. The first-order chi connectivity index (χ1) is 16.2. The number of aromatic nitrogens is 1. The molecule has 0 saturated heterocycles. The number of aryl methyl sites for hydroxylation is 1. The molecule has 0 radical (unpaired) electrons. The van der Waals surface area contributed by atoms with Gasteiger partial charge in [-0.05, 0) is 68.5 Å². The van der Waals surface area contributed by atoms with Crippen molar-refractivity contribution in [2.24, 2.45) is 10.1 Å². The van der Waals surface area contributed by atoms with Crippen molar-refractivity contribution in [1.29, 1.82) is 0 Å². The second kappa shape index (κ2) is 11.0. The molecule has 0 aliphatic heterocycles. The number of sulfonamides is 1. The predicted octanol–water partition coefficient (Wildman–Crippen LogP) is 3.03. The lowest BCUT2D eigenvalue weighted by Gasteiger charge is -2.14. The first kappa shape index (κ1) is 25.8. The average Bonchev–Trinajstić information content (AvgIpc) is 3.24. The van der Waals surface area contributed by atoms with Crippen molar-refractivity contribution in [3.63, 3.8) is 0 Å². The maximum Gasteiger partial charge on any atom is 0.284 e. The summed E-state index contributed by atoms with van der Waals surface area (Å²) in [5.41, 5.74) is 14.3. The highest BCUT2D eigenvalue weighted by Gasteiger charge is 2.22. The predicted molar refractivity (Wildman–Crippen MR) is 135 cm³/mol. The number of ether oxygens (including phenoxy) is 1. The van der Waals surface area contributed by atoms with Crippen LogP contribution >= 0.6 is 11.3 Å². The van der Waals surface area contributed by atoms with Gasteiger partial charge in [-0.3, -0.25) is 4.79 Å². The lowest BCUT2D eigenvalue weighted by atomic mass is 10.1. The van der Waals surface area contributed by atoms with E-state index in [1.807, 2.05) is 31.2 Å². The number of nitrogens with zero attached hydrogens (tertiary/aromatic N) is 2. The Hall–Kier alpha value is -2.86. The molecule has 1 heterocycles. The fourth-order valence-corrected chi connectivity index (χ4v) is 5.85. The summed E-state index contributed by atoms with van der Waals surface area (Å²) in [5.74, 6) is 0.458. The molecule has 0 spiro atoms. The van der Waals surface area contributed by atoms with Gasteiger partial charge in [0.25, 0.3) is 10.0 Å². The molecule has 0 aliphatic rings. The Morgan fingerprint density at radius 3 is 2.71 bits per heavy atom. The molecule has 0 amide bonds. The largest absolute Gasteiger partial charge is 0.496 e. The molecule has 11 heteroatoms. The van der Waals surface area contributed by atoms with Gasteiger partial charge < -0.3 is 15.9 Å². The van der Waals surface area contributed by atoms with Gasteiger partial charge in [-0.1, -0.05) is 12.1 Å². The average molecular weight is 504 g/mol. The minimum absolute atomic E-state index is 0.170. The van der Waals surface area contributed by atoms with Crippen LogP contribution in [-0.2, 0) is 10.0 Å². The molecule has 0 fully saturated rings. The lowest BCUT2D eigenvalue weighted by Crippen LogP contribution is -2.34. The van der Waals surface area contributed by atoms with E-state index in [0.29, 0.717) is 41.3 Å². The first-order valence-corrected chi connectivity index (χ1v) is 13.0. The smallest absolute Gasteiger partial charge is 0.284 e. The quantitative estimate of drug-likeness (QED) is 0.119. The minimum atomic E-state index is -3.89. The van der Waals surface area contributed by atoms with Gasteiger partial charge in [-0.15, -0.1) is 15.7 Å². The third kappa shape index (κ3) is 5.79. The van der Waals surface area contributed by atoms with E-state index >= 15 is 0 Å². The normalized spacial score (nSPS) is 12.9. The minimum Gasteiger partial charge on any atom is -0.496 e. The number of benzene rings is 2. The summed E-state index contributed by atoms with van der Waals surface area (Å²) in [4.78, 5) is 17.1. The molecule has 0 bridgehead atoms. The number of para-hydroxylation sites is 1. The Morgan fingerprint density at radius 1 is 1.26 bits per heavy atom. The third-order valence-electron chi connectivity index (χ3n) is 5.47. The number of carbonyl (C=O) groups excluding carboxylic acids is 1. The number of ketones is 1. The fourth-order valence-electron chi connectivity index (χ4n) is 3.57. The Morgan fingerprint density at radius 2 is 2.00 bits per heavy atom. The van der Waals surface area contributed by atoms with E-state index in [2.05, 4.69) is 20.2 Å². The van der Waals surface area contributed by atoms with E-state index in [-0.39, 0.29) is 10.7 Å². The molecule has 182 valence electrons. The zero-order valence-electron chi connectivity index (χ0n) is 19.6. The van der Waals surface area contributed by atoms with Gasteiger partial charge in [-0.2, -0.15) is 8.42 Å². The Kier molecular flexibility index (Phi) is 8.37. The monoisotopic (exact) mass is 503 g/mol. The SMILES string of the molecule is COc1cc(C)c(S(=O)(=O)N=CNNCCCC(N)C(=O)c2nc3ccccc3s2)c(C)c1C. The van der Waals surface area contributed by atoms with Gasteiger partial charge in [0, 0.05) is 6.54 Å². The number of nitrogens with one attached hydrogen (secondary N) is 2. The molecule has 1 unspecified atom stereocenters. The number of fused-ring (bicyclic) bond motifs is 1. The number of carbonyl (C=O) groups is 1. The van der Waals surface area contributed by atoms with Crippen molar-refractivity contribution in [3.05, 3.63) is 52.0 Å². The van der Waals surface area contributed by atoms with E-state index in [1.165, 1.54) is 11.3 Å². The van der Waals surface area contributed by atoms with Crippen LogP contribution in [0.3, 0.4) is 0 Å². The Bertz CT molecular complexity index is 1290. The summed E-state index contributed by atoms with van der Waals surface area (Å²) in [6.45, 7) is 5.72. The number of nitrogens with two attached hydrogens (primary N) is 1. The van der Waals surface area contributed by atoms with Crippen LogP contribution in [0.2, 0.25) is 0 Å². The molecule has 9 nitrogen and oxygen atoms in total. The van der Waals surface area contributed by atoms with Gasteiger partial charge in [0.2, 0.25) is 5.78 Å². The van der Waals surface area contributed by atoms with Gasteiger partial charge in [0.1, 0.15) is 12.1 Å². The number of hydrogen-bond donors (Lipinski definition) is 3. The van der Waals surface area contributed by atoms with E-state index in [0.717, 1.165) is 22.1 Å². The van der Waals surface area contributed by atoms with E-state index < -0.39 is 16.1 Å².